The highest BCUT2D eigenvalue weighted by atomic mass is 35.5. The van der Waals surface area contributed by atoms with Crippen LogP contribution in [0.5, 0.6) is 0 Å². The number of anilines is 1. The van der Waals surface area contributed by atoms with Crippen molar-refractivity contribution in [2.24, 2.45) is 5.92 Å². The number of benzene rings is 1. The number of piperidine rings is 3. The van der Waals surface area contributed by atoms with Crippen molar-refractivity contribution in [3.63, 3.8) is 0 Å². The smallest absolute Gasteiger partial charge is 0.397 e. The molecule has 1 aromatic carbocycles. The van der Waals surface area contributed by atoms with Gasteiger partial charge < -0.3 is 15.5 Å². The molecule has 0 aliphatic carbocycles. The molecule has 0 saturated carbocycles. The van der Waals surface area contributed by atoms with Gasteiger partial charge in [-0.05, 0) is 56.0 Å². The lowest BCUT2D eigenvalue weighted by Crippen LogP contribution is -2.61. The first-order chi connectivity index (χ1) is 14.2. The molecule has 5 rings (SSSR count). The third-order valence-electron chi connectivity index (χ3n) is 6.72. The lowest BCUT2D eigenvalue weighted by atomic mass is 9.83. The third-order valence-corrected chi connectivity index (χ3v) is 7.04. The fourth-order valence-electron chi connectivity index (χ4n) is 4.98. The van der Waals surface area contributed by atoms with E-state index in [9.17, 15) is 18.0 Å². The van der Waals surface area contributed by atoms with Gasteiger partial charge in [0.2, 0.25) is 5.91 Å². The molecular weight excluding hydrogens is 417 g/mol. The molecule has 30 heavy (non-hydrogen) atoms. The maximum Gasteiger partial charge on any atom is 0.418 e. The Morgan fingerprint density at radius 2 is 1.80 bits per heavy atom. The number of halogens is 4. The first-order valence-electron chi connectivity index (χ1n) is 10.5. The molecule has 1 atom stereocenters. The molecule has 4 saturated heterocycles. The van der Waals surface area contributed by atoms with Crippen LogP contribution in [0, 0.1) is 12.3 Å². The quantitative estimate of drug-likeness (QED) is 0.727. The number of nitrogen functional groups attached to an aromatic ring is 1. The zero-order valence-corrected chi connectivity index (χ0v) is 17.6. The zero-order valence-electron chi connectivity index (χ0n) is 16.8. The Labute approximate surface area is 179 Å². The molecule has 1 amide bonds. The van der Waals surface area contributed by atoms with E-state index in [0.717, 1.165) is 31.6 Å². The predicted octanol–water partition coefficient (Wildman–Crippen LogP) is 2.93. The Bertz CT molecular complexity index is 787. The second-order valence-electron chi connectivity index (χ2n) is 8.51. The highest BCUT2D eigenvalue weighted by Crippen LogP contribution is 2.38. The second-order valence-corrected chi connectivity index (χ2v) is 8.92. The molecule has 4 aliphatic rings. The highest BCUT2D eigenvalue weighted by molar-refractivity contribution is 6.33. The van der Waals surface area contributed by atoms with Crippen LogP contribution in [0.2, 0.25) is 5.02 Å². The molecule has 4 fully saturated rings. The summed E-state index contributed by atoms with van der Waals surface area (Å²) in [6.45, 7) is 6.54. The van der Waals surface area contributed by atoms with Crippen LogP contribution in [0.15, 0.2) is 12.1 Å². The van der Waals surface area contributed by atoms with Crippen molar-refractivity contribution in [1.82, 2.24) is 14.7 Å². The van der Waals surface area contributed by atoms with E-state index in [1.807, 2.05) is 0 Å². The van der Waals surface area contributed by atoms with Gasteiger partial charge in [0.05, 0.1) is 22.7 Å². The van der Waals surface area contributed by atoms with Gasteiger partial charge >= 0.3 is 6.18 Å². The molecule has 0 spiro atoms. The van der Waals surface area contributed by atoms with E-state index in [4.69, 9.17) is 17.3 Å². The zero-order chi connectivity index (χ0) is 21.5. The summed E-state index contributed by atoms with van der Waals surface area (Å²) < 4.78 is 39.3. The van der Waals surface area contributed by atoms with Crippen molar-refractivity contribution >= 4 is 23.2 Å². The van der Waals surface area contributed by atoms with Gasteiger partial charge in [-0.1, -0.05) is 11.6 Å². The normalized spacial score (nSPS) is 27.5. The van der Waals surface area contributed by atoms with Gasteiger partial charge in [0.25, 0.3) is 0 Å². The molecule has 2 N–H and O–H groups in total. The number of nitrogens with zero attached hydrogens (tertiary/aromatic N) is 3. The number of carbonyl (C=O) groups is 1. The number of hydrogen-bond acceptors (Lipinski definition) is 4. The average molecular weight is 444 g/mol. The summed E-state index contributed by atoms with van der Waals surface area (Å²) in [7, 11) is 0. The molecule has 9 heteroatoms. The van der Waals surface area contributed by atoms with Crippen LogP contribution in [-0.4, -0.2) is 72.5 Å². The summed E-state index contributed by atoms with van der Waals surface area (Å²) in [5, 5.41) is -0.146. The molecule has 165 valence electrons. The SMILES string of the molecule is Nc1c(Cl)cc(C[CH]C(=O)N2CCN([C@H]3CN4CCC3CC4)CC2)cc1C(F)(F)F. The molecule has 0 unspecified atom stereocenters. The number of carbonyl (C=O) groups excluding carboxylic acids is 1. The molecular formula is C21H27ClF3N4O. The van der Waals surface area contributed by atoms with Gasteiger partial charge in [0, 0.05) is 38.8 Å². The largest absolute Gasteiger partial charge is 0.418 e. The van der Waals surface area contributed by atoms with E-state index >= 15 is 0 Å². The minimum Gasteiger partial charge on any atom is -0.397 e. The van der Waals surface area contributed by atoms with Gasteiger partial charge in [0.15, 0.2) is 0 Å². The summed E-state index contributed by atoms with van der Waals surface area (Å²) in [6, 6.07) is 2.95. The van der Waals surface area contributed by atoms with E-state index in [2.05, 4.69) is 9.80 Å². The van der Waals surface area contributed by atoms with E-state index in [1.165, 1.54) is 38.4 Å². The molecule has 4 aliphatic heterocycles. The molecule has 2 bridgehead atoms. The van der Waals surface area contributed by atoms with Crippen LogP contribution < -0.4 is 5.73 Å². The Morgan fingerprint density at radius 1 is 1.13 bits per heavy atom. The second kappa shape index (κ2) is 8.55. The fraction of sp³-hybridized carbons (Fsp3) is 0.619. The van der Waals surface area contributed by atoms with Gasteiger partial charge in [-0.2, -0.15) is 13.2 Å². The van der Waals surface area contributed by atoms with Gasteiger partial charge in [-0.25, -0.2) is 0 Å². The number of fused-ring (bicyclic) bond motifs is 3. The average Bonchev–Trinajstić information content (AvgIpc) is 2.74. The van der Waals surface area contributed by atoms with E-state index in [0.29, 0.717) is 24.7 Å². The standard InChI is InChI=1S/C21H27ClF3N4O/c22-17-12-14(11-16(20(17)26)21(23,24)25)1-2-19(30)29-9-7-28(8-10-29)18-13-27-5-3-15(18)4-6-27/h2,11-12,15,18H,1,3-10,13,26H2/t18-/m0/s1. The summed E-state index contributed by atoms with van der Waals surface area (Å²) in [5.74, 6) is 0.618. The summed E-state index contributed by atoms with van der Waals surface area (Å²) >= 11 is 5.86. The van der Waals surface area contributed by atoms with Crippen LogP contribution in [0.1, 0.15) is 24.0 Å². The van der Waals surface area contributed by atoms with Crippen molar-refractivity contribution in [3.8, 4) is 0 Å². The lowest BCUT2D eigenvalue weighted by molar-refractivity contribution is -0.137. The van der Waals surface area contributed by atoms with Crippen LogP contribution in [0.3, 0.4) is 0 Å². The summed E-state index contributed by atoms with van der Waals surface area (Å²) in [5.41, 5.74) is 4.34. The number of amides is 1. The van der Waals surface area contributed by atoms with Crippen molar-refractivity contribution < 1.29 is 18.0 Å². The van der Waals surface area contributed by atoms with E-state index in [-0.39, 0.29) is 17.4 Å². The Morgan fingerprint density at radius 3 is 2.37 bits per heavy atom. The molecule has 4 heterocycles. The number of piperazine rings is 1. The number of alkyl halides is 3. The van der Waals surface area contributed by atoms with Crippen LogP contribution in [0.4, 0.5) is 18.9 Å². The van der Waals surface area contributed by atoms with Crippen molar-refractivity contribution in [2.45, 2.75) is 31.5 Å². The minimum absolute atomic E-state index is 0.0851. The Balaban J connectivity index is 1.30. The first-order valence-corrected chi connectivity index (χ1v) is 10.8. The third kappa shape index (κ3) is 4.55. The Kier molecular flexibility index (Phi) is 6.19. The van der Waals surface area contributed by atoms with Crippen molar-refractivity contribution in [3.05, 3.63) is 34.7 Å². The topological polar surface area (TPSA) is 52.8 Å². The molecule has 1 radical (unpaired) electrons. The van der Waals surface area contributed by atoms with Crippen LogP contribution in [-0.2, 0) is 17.4 Å². The minimum atomic E-state index is -4.58. The number of nitrogens with two attached hydrogens (primary N) is 1. The van der Waals surface area contributed by atoms with E-state index in [1.54, 1.807) is 4.90 Å². The van der Waals surface area contributed by atoms with Crippen LogP contribution in [0.25, 0.3) is 0 Å². The maximum atomic E-state index is 13.1. The van der Waals surface area contributed by atoms with Crippen LogP contribution >= 0.6 is 11.6 Å². The number of hydrogen-bond donors (Lipinski definition) is 1. The monoisotopic (exact) mass is 443 g/mol. The van der Waals surface area contributed by atoms with E-state index < -0.39 is 17.4 Å². The highest BCUT2D eigenvalue weighted by Gasteiger charge is 2.38. The lowest BCUT2D eigenvalue weighted by Gasteiger charge is -2.51. The predicted molar refractivity (Wildman–Crippen MR) is 110 cm³/mol. The Hall–Kier alpha value is -1.51. The van der Waals surface area contributed by atoms with Gasteiger partial charge in [-0.15, -0.1) is 0 Å². The first kappa shape index (κ1) is 21.7. The summed E-state index contributed by atoms with van der Waals surface area (Å²) in [6.07, 6.45) is -0.532. The summed E-state index contributed by atoms with van der Waals surface area (Å²) in [4.78, 5) is 19.4. The fourth-order valence-corrected chi connectivity index (χ4v) is 5.22. The molecule has 0 aromatic heterocycles. The van der Waals surface area contributed by atoms with Crippen molar-refractivity contribution in [1.29, 1.82) is 0 Å². The maximum absolute atomic E-state index is 13.1. The molecule has 1 aromatic rings. The van der Waals surface area contributed by atoms with Gasteiger partial charge in [-0.3, -0.25) is 9.69 Å². The number of rotatable bonds is 4. The molecule has 5 nitrogen and oxygen atoms in total. The van der Waals surface area contributed by atoms with Gasteiger partial charge in [0.1, 0.15) is 0 Å². The van der Waals surface area contributed by atoms with Crippen molar-refractivity contribution in [2.75, 3.05) is 51.5 Å².